The van der Waals surface area contributed by atoms with E-state index in [0.717, 1.165) is 13.0 Å². The van der Waals surface area contributed by atoms with E-state index >= 15 is 0 Å². The second-order valence-corrected chi connectivity index (χ2v) is 4.51. The summed E-state index contributed by atoms with van der Waals surface area (Å²) in [6, 6.07) is 1.75. The number of hydrogen-bond acceptors (Lipinski definition) is 3. The third kappa shape index (κ3) is 2.94. The molecule has 14 heavy (non-hydrogen) atoms. The van der Waals surface area contributed by atoms with Crippen LogP contribution in [0.15, 0.2) is 0 Å². The Morgan fingerprint density at radius 3 is 2.36 bits per heavy atom. The standard InChI is InChI=1S/C11H25N3/c1-4-11(8-12)13-14-9(2)6-5-7-10(14)3/h9-11,13H,4-8,12H2,1-3H3. The van der Waals surface area contributed by atoms with Gasteiger partial charge >= 0.3 is 0 Å². The van der Waals surface area contributed by atoms with Gasteiger partial charge in [0.2, 0.25) is 0 Å². The Labute approximate surface area is 88.0 Å². The van der Waals surface area contributed by atoms with E-state index in [4.69, 9.17) is 5.73 Å². The van der Waals surface area contributed by atoms with Gasteiger partial charge in [0.25, 0.3) is 0 Å². The van der Waals surface area contributed by atoms with Gasteiger partial charge in [0.15, 0.2) is 0 Å². The first-order chi connectivity index (χ1) is 6.69. The SMILES string of the molecule is CCC(CN)NN1C(C)CCCC1C. The van der Waals surface area contributed by atoms with Crippen LogP contribution >= 0.6 is 0 Å². The number of hydrazine groups is 1. The first-order valence-corrected chi connectivity index (χ1v) is 5.93. The van der Waals surface area contributed by atoms with Crippen LogP contribution in [-0.4, -0.2) is 29.7 Å². The summed E-state index contributed by atoms with van der Waals surface area (Å²) in [5.74, 6) is 0. The number of rotatable bonds is 4. The van der Waals surface area contributed by atoms with Crippen molar-refractivity contribution < 1.29 is 0 Å². The van der Waals surface area contributed by atoms with Crippen LogP contribution in [-0.2, 0) is 0 Å². The minimum absolute atomic E-state index is 0.443. The summed E-state index contributed by atoms with van der Waals surface area (Å²) in [4.78, 5) is 0. The summed E-state index contributed by atoms with van der Waals surface area (Å²) < 4.78 is 0. The molecule has 0 saturated carbocycles. The molecule has 1 aliphatic heterocycles. The number of nitrogens with two attached hydrogens (primary N) is 1. The van der Waals surface area contributed by atoms with E-state index in [-0.39, 0.29) is 0 Å². The minimum atomic E-state index is 0.443. The third-order valence-corrected chi connectivity index (χ3v) is 3.30. The first-order valence-electron chi connectivity index (χ1n) is 5.93. The van der Waals surface area contributed by atoms with Gasteiger partial charge in [0.1, 0.15) is 0 Å². The van der Waals surface area contributed by atoms with E-state index in [2.05, 4.69) is 31.2 Å². The lowest BCUT2D eigenvalue weighted by Gasteiger charge is -2.41. The molecular weight excluding hydrogens is 174 g/mol. The predicted molar refractivity (Wildman–Crippen MR) is 60.9 cm³/mol. The molecule has 0 aromatic carbocycles. The molecule has 3 unspecified atom stereocenters. The molecule has 1 heterocycles. The van der Waals surface area contributed by atoms with Crippen LogP contribution in [0.3, 0.4) is 0 Å². The molecule has 0 bridgehead atoms. The molecule has 0 aliphatic carbocycles. The van der Waals surface area contributed by atoms with Crippen molar-refractivity contribution in [3.05, 3.63) is 0 Å². The van der Waals surface area contributed by atoms with Crippen LogP contribution in [0.5, 0.6) is 0 Å². The van der Waals surface area contributed by atoms with Crippen molar-refractivity contribution in [2.75, 3.05) is 6.54 Å². The van der Waals surface area contributed by atoms with Crippen LogP contribution in [0.25, 0.3) is 0 Å². The Morgan fingerprint density at radius 2 is 1.93 bits per heavy atom. The molecular formula is C11H25N3. The fraction of sp³-hybridized carbons (Fsp3) is 1.00. The van der Waals surface area contributed by atoms with E-state index in [0.29, 0.717) is 18.1 Å². The van der Waals surface area contributed by atoms with Gasteiger partial charge in [-0.05, 0) is 33.1 Å². The van der Waals surface area contributed by atoms with Crippen molar-refractivity contribution in [1.29, 1.82) is 0 Å². The van der Waals surface area contributed by atoms with Gasteiger partial charge in [-0.15, -0.1) is 0 Å². The molecule has 84 valence electrons. The minimum Gasteiger partial charge on any atom is -0.329 e. The molecule has 3 nitrogen and oxygen atoms in total. The summed E-state index contributed by atoms with van der Waals surface area (Å²) >= 11 is 0. The molecule has 0 amide bonds. The zero-order valence-corrected chi connectivity index (χ0v) is 9.79. The van der Waals surface area contributed by atoms with Gasteiger partial charge < -0.3 is 5.73 Å². The predicted octanol–water partition coefficient (Wildman–Crippen LogP) is 1.49. The molecule has 1 rings (SSSR count). The highest BCUT2D eigenvalue weighted by molar-refractivity contribution is 4.78. The van der Waals surface area contributed by atoms with Crippen LogP contribution < -0.4 is 11.2 Å². The Hall–Kier alpha value is -0.120. The highest BCUT2D eigenvalue weighted by Crippen LogP contribution is 2.20. The van der Waals surface area contributed by atoms with Crippen molar-refractivity contribution in [2.45, 2.75) is 64.6 Å². The van der Waals surface area contributed by atoms with Gasteiger partial charge in [-0.3, -0.25) is 5.43 Å². The average molecular weight is 199 g/mol. The molecule has 1 saturated heterocycles. The van der Waals surface area contributed by atoms with E-state index in [1.807, 2.05) is 0 Å². The molecule has 1 aliphatic rings. The van der Waals surface area contributed by atoms with Crippen molar-refractivity contribution in [1.82, 2.24) is 10.4 Å². The Morgan fingerprint density at radius 1 is 1.36 bits per heavy atom. The van der Waals surface area contributed by atoms with Crippen molar-refractivity contribution in [3.8, 4) is 0 Å². The summed E-state index contributed by atoms with van der Waals surface area (Å²) in [5.41, 5.74) is 9.27. The largest absolute Gasteiger partial charge is 0.329 e. The number of piperidine rings is 1. The number of nitrogens with zero attached hydrogens (tertiary/aromatic N) is 1. The van der Waals surface area contributed by atoms with Crippen LogP contribution in [0.1, 0.15) is 46.5 Å². The highest BCUT2D eigenvalue weighted by atomic mass is 15.5. The molecule has 1 fully saturated rings. The van der Waals surface area contributed by atoms with Crippen LogP contribution in [0.4, 0.5) is 0 Å². The summed E-state index contributed by atoms with van der Waals surface area (Å²) in [6.45, 7) is 7.51. The molecule has 0 spiro atoms. The van der Waals surface area contributed by atoms with Gasteiger partial charge in [-0.1, -0.05) is 13.3 Å². The lowest BCUT2D eigenvalue weighted by atomic mass is 9.99. The normalized spacial score (nSPS) is 31.7. The maximum atomic E-state index is 5.70. The maximum absolute atomic E-state index is 5.70. The Balaban J connectivity index is 2.46. The van der Waals surface area contributed by atoms with E-state index in [1.165, 1.54) is 19.3 Å². The maximum Gasteiger partial charge on any atom is 0.0335 e. The zero-order valence-electron chi connectivity index (χ0n) is 9.79. The highest BCUT2D eigenvalue weighted by Gasteiger charge is 2.25. The third-order valence-electron chi connectivity index (χ3n) is 3.30. The van der Waals surface area contributed by atoms with Crippen LogP contribution in [0, 0.1) is 0 Å². The van der Waals surface area contributed by atoms with Crippen molar-refractivity contribution in [2.24, 2.45) is 5.73 Å². The van der Waals surface area contributed by atoms with E-state index < -0.39 is 0 Å². The quantitative estimate of drug-likeness (QED) is 0.721. The van der Waals surface area contributed by atoms with Crippen molar-refractivity contribution >= 4 is 0 Å². The smallest absolute Gasteiger partial charge is 0.0335 e. The number of hydrogen-bond donors (Lipinski definition) is 2. The van der Waals surface area contributed by atoms with Gasteiger partial charge in [0, 0.05) is 24.7 Å². The van der Waals surface area contributed by atoms with Gasteiger partial charge in [0.05, 0.1) is 0 Å². The molecule has 0 aromatic rings. The summed E-state index contributed by atoms with van der Waals surface area (Å²) in [7, 11) is 0. The molecule has 3 N–H and O–H groups in total. The fourth-order valence-electron chi connectivity index (χ4n) is 2.20. The van der Waals surface area contributed by atoms with Gasteiger partial charge in [-0.2, -0.15) is 0 Å². The first kappa shape index (κ1) is 12.0. The second kappa shape index (κ2) is 5.69. The average Bonchev–Trinajstić information content (AvgIpc) is 2.18. The van der Waals surface area contributed by atoms with Gasteiger partial charge in [-0.25, -0.2) is 5.01 Å². The Kier molecular flexibility index (Phi) is 4.85. The van der Waals surface area contributed by atoms with Crippen LogP contribution in [0.2, 0.25) is 0 Å². The molecule has 0 radical (unpaired) electrons. The summed E-state index contributed by atoms with van der Waals surface area (Å²) in [6.07, 6.45) is 5.07. The molecule has 3 atom stereocenters. The van der Waals surface area contributed by atoms with E-state index in [9.17, 15) is 0 Å². The molecule has 3 heteroatoms. The lowest BCUT2D eigenvalue weighted by Crippen LogP contribution is -2.56. The number of nitrogens with one attached hydrogen (secondary N) is 1. The fourth-order valence-corrected chi connectivity index (χ4v) is 2.20. The molecule has 0 aromatic heterocycles. The topological polar surface area (TPSA) is 41.3 Å². The van der Waals surface area contributed by atoms with Crippen molar-refractivity contribution in [3.63, 3.8) is 0 Å². The zero-order chi connectivity index (χ0) is 10.6. The monoisotopic (exact) mass is 199 g/mol. The summed E-state index contributed by atoms with van der Waals surface area (Å²) in [5, 5.41) is 2.41. The Bertz CT molecular complexity index is 147. The van der Waals surface area contributed by atoms with E-state index in [1.54, 1.807) is 0 Å². The second-order valence-electron chi connectivity index (χ2n) is 4.51. The lowest BCUT2D eigenvalue weighted by molar-refractivity contribution is 0.0301.